The smallest absolute Gasteiger partial charge is 0.421 e. The molecule has 0 aliphatic heterocycles. The molecule has 0 aliphatic carbocycles. The molecule has 0 aliphatic rings. The van der Waals surface area contributed by atoms with Crippen molar-refractivity contribution in [2.24, 2.45) is 0 Å². The van der Waals surface area contributed by atoms with E-state index in [4.69, 9.17) is 4.74 Å². The Labute approximate surface area is 179 Å². The quantitative estimate of drug-likeness (QED) is 0.363. The average Bonchev–Trinajstić information content (AvgIpc) is 2.71. The zero-order valence-corrected chi connectivity index (χ0v) is 17.5. The van der Waals surface area contributed by atoms with Gasteiger partial charge in [0.1, 0.15) is 17.1 Å². The van der Waals surface area contributed by atoms with Crippen molar-refractivity contribution in [3.63, 3.8) is 0 Å². The van der Waals surface area contributed by atoms with Gasteiger partial charge in [-0.25, -0.2) is 4.98 Å². The number of benzene rings is 2. The lowest BCUT2D eigenvalue weighted by molar-refractivity contribution is -0.137. The Hall–Kier alpha value is -3.29. The zero-order valence-electron chi connectivity index (χ0n) is 17.5. The van der Waals surface area contributed by atoms with Crippen molar-refractivity contribution in [2.75, 3.05) is 17.2 Å². The second kappa shape index (κ2) is 10.1. The van der Waals surface area contributed by atoms with Gasteiger partial charge in [-0.1, -0.05) is 38.0 Å². The Bertz CT molecular complexity index is 1010. The number of hydrogen-bond acceptors (Lipinski definition) is 5. The SMILES string of the molecule is CCCCCOc1cccc(Nc2nc(Nc3cccc(C)c3)ncc2C(F)(F)F)c1. The van der Waals surface area contributed by atoms with Crippen LogP contribution in [0.1, 0.15) is 37.3 Å². The minimum Gasteiger partial charge on any atom is -0.494 e. The second-order valence-electron chi connectivity index (χ2n) is 7.16. The highest BCUT2D eigenvalue weighted by atomic mass is 19.4. The van der Waals surface area contributed by atoms with Crippen LogP contribution in [0.25, 0.3) is 0 Å². The van der Waals surface area contributed by atoms with Crippen LogP contribution in [0.5, 0.6) is 5.75 Å². The molecule has 2 aromatic carbocycles. The van der Waals surface area contributed by atoms with Crippen molar-refractivity contribution in [1.82, 2.24) is 9.97 Å². The lowest BCUT2D eigenvalue weighted by Gasteiger charge is -2.15. The van der Waals surface area contributed by atoms with Crippen LogP contribution in [0.2, 0.25) is 0 Å². The van der Waals surface area contributed by atoms with Crippen molar-refractivity contribution >= 4 is 23.1 Å². The molecule has 0 radical (unpaired) electrons. The topological polar surface area (TPSA) is 59.1 Å². The van der Waals surface area contributed by atoms with Crippen LogP contribution < -0.4 is 15.4 Å². The highest BCUT2D eigenvalue weighted by Gasteiger charge is 2.35. The van der Waals surface area contributed by atoms with Gasteiger partial charge in [0, 0.05) is 23.6 Å². The van der Waals surface area contributed by atoms with Crippen molar-refractivity contribution in [1.29, 1.82) is 0 Å². The number of aryl methyl sites for hydroxylation is 1. The highest BCUT2D eigenvalue weighted by molar-refractivity contribution is 5.64. The summed E-state index contributed by atoms with van der Waals surface area (Å²) >= 11 is 0. The Kier molecular flexibility index (Phi) is 7.33. The van der Waals surface area contributed by atoms with E-state index in [-0.39, 0.29) is 11.8 Å². The summed E-state index contributed by atoms with van der Waals surface area (Å²) in [5.74, 6) is 0.315. The van der Waals surface area contributed by atoms with E-state index in [0.717, 1.165) is 31.0 Å². The number of nitrogens with zero attached hydrogens (tertiary/aromatic N) is 2. The second-order valence-corrected chi connectivity index (χ2v) is 7.16. The van der Waals surface area contributed by atoms with E-state index >= 15 is 0 Å². The van der Waals surface area contributed by atoms with Crippen molar-refractivity contribution in [3.8, 4) is 5.75 Å². The molecule has 31 heavy (non-hydrogen) atoms. The molecule has 0 amide bonds. The van der Waals surface area contributed by atoms with Gasteiger partial charge in [-0.2, -0.15) is 18.2 Å². The molecular weight excluding hydrogens is 405 g/mol. The molecule has 0 bridgehead atoms. The Balaban J connectivity index is 1.83. The number of aromatic nitrogens is 2. The van der Waals surface area contributed by atoms with Crippen LogP contribution in [0.4, 0.5) is 36.3 Å². The Morgan fingerprint density at radius 3 is 2.42 bits per heavy atom. The van der Waals surface area contributed by atoms with Crippen molar-refractivity contribution < 1.29 is 17.9 Å². The fourth-order valence-electron chi connectivity index (χ4n) is 2.94. The molecule has 3 rings (SSSR count). The highest BCUT2D eigenvalue weighted by Crippen LogP contribution is 2.35. The standard InChI is InChI=1S/C23H25F3N4O/c1-3-4-5-12-31-19-11-7-10-18(14-19)28-21-20(23(24,25)26)15-27-22(30-21)29-17-9-6-8-16(2)13-17/h6-11,13-15H,3-5,12H2,1-2H3,(H2,27,28,29,30). The molecule has 1 heterocycles. The summed E-state index contributed by atoms with van der Waals surface area (Å²) in [6.45, 7) is 4.58. The predicted molar refractivity (Wildman–Crippen MR) is 116 cm³/mol. The van der Waals surface area contributed by atoms with Gasteiger partial charge < -0.3 is 15.4 Å². The third-order valence-corrected chi connectivity index (χ3v) is 4.48. The predicted octanol–water partition coefficient (Wildman–Crippen LogP) is 6.86. The van der Waals surface area contributed by atoms with Gasteiger partial charge in [0.05, 0.1) is 6.61 Å². The molecule has 0 unspecified atom stereocenters. The number of rotatable bonds is 9. The van der Waals surface area contributed by atoms with E-state index in [0.29, 0.717) is 23.7 Å². The van der Waals surface area contributed by atoms with E-state index in [2.05, 4.69) is 27.5 Å². The molecule has 164 valence electrons. The molecule has 3 aromatic rings. The number of unbranched alkanes of at least 4 members (excludes halogenated alkanes) is 2. The van der Waals surface area contributed by atoms with Gasteiger partial charge in [-0.3, -0.25) is 0 Å². The van der Waals surface area contributed by atoms with Crippen molar-refractivity contribution in [3.05, 3.63) is 65.9 Å². The molecule has 0 atom stereocenters. The van der Waals surface area contributed by atoms with Gasteiger partial charge in [0.2, 0.25) is 5.95 Å². The zero-order chi connectivity index (χ0) is 22.3. The molecule has 0 saturated carbocycles. The third-order valence-electron chi connectivity index (χ3n) is 4.48. The summed E-state index contributed by atoms with van der Waals surface area (Å²) < 4.78 is 46.2. The van der Waals surface area contributed by atoms with Gasteiger partial charge >= 0.3 is 6.18 Å². The first-order valence-electron chi connectivity index (χ1n) is 10.1. The number of nitrogens with one attached hydrogen (secondary N) is 2. The molecule has 0 saturated heterocycles. The molecule has 8 heteroatoms. The maximum Gasteiger partial charge on any atom is 0.421 e. The van der Waals surface area contributed by atoms with Gasteiger partial charge in [-0.05, 0) is 43.2 Å². The number of ether oxygens (including phenoxy) is 1. The van der Waals surface area contributed by atoms with Crippen molar-refractivity contribution in [2.45, 2.75) is 39.3 Å². The van der Waals surface area contributed by atoms with Crippen LogP contribution in [-0.2, 0) is 6.18 Å². The molecule has 0 fully saturated rings. The monoisotopic (exact) mass is 430 g/mol. The van der Waals surface area contributed by atoms with E-state index in [1.54, 1.807) is 30.3 Å². The van der Waals surface area contributed by atoms with Crippen LogP contribution in [0.3, 0.4) is 0 Å². The third kappa shape index (κ3) is 6.60. The van der Waals surface area contributed by atoms with E-state index in [9.17, 15) is 13.2 Å². The lowest BCUT2D eigenvalue weighted by Crippen LogP contribution is -2.12. The first-order valence-corrected chi connectivity index (χ1v) is 10.1. The van der Waals surface area contributed by atoms with Gasteiger partial charge in [0.25, 0.3) is 0 Å². The fraction of sp³-hybridized carbons (Fsp3) is 0.304. The largest absolute Gasteiger partial charge is 0.494 e. The number of alkyl halides is 3. The molecular formula is C23H25F3N4O. The maximum atomic E-state index is 13.5. The van der Waals surface area contributed by atoms with E-state index in [1.165, 1.54) is 0 Å². The number of anilines is 4. The number of hydrogen-bond donors (Lipinski definition) is 2. The molecule has 0 spiro atoms. The first kappa shape index (κ1) is 22.4. The first-order chi connectivity index (χ1) is 14.8. The van der Waals surface area contributed by atoms with Crippen LogP contribution in [0.15, 0.2) is 54.7 Å². The Morgan fingerprint density at radius 1 is 0.968 bits per heavy atom. The summed E-state index contributed by atoms with van der Waals surface area (Å²) in [5, 5.41) is 5.71. The van der Waals surface area contributed by atoms with Gasteiger partial charge in [-0.15, -0.1) is 0 Å². The summed E-state index contributed by atoms with van der Waals surface area (Å²) in [4.78, 5) is 7.92. The maximum absolute atomic E-state index is 13.5. The summed E-state index contributed by atoms with van der Waals surface area (Å²) in [7, 11) is 0. The summed E-state index contributed by atoms with van der Waals surface area (Å²) in [6.07, 6.45) is -0.758. The molecule has 5 nitrogen and oxygen atoms in total. The lowest BCUT2D eigenvalue weighted by atomic mass is 10.2. The number of halogens is 3. The summed E-state index contributed by atoms with van der Waals surface area (Å²) in [5.41, 5.74) is 1.19. The fourth-order valence-corrected chi connectivity index (χ4v) is 2.94. The van der Waals surface area contributed by atoms with Crippen LogP contribution in [-0.4, -0.2) is 16.6 Å². The van der Waals surface area contributed by atoms with Gasteiger partial charge in [0.15, 0.2) is 0 Å². The minimum atomic E-state index is -4.60. The normalized spacial score (nSPS) is 11.3. The summed E-state index contributed by atoms with van der Waals surface area (Å²) in [6, 6.07) is 14.2. The molecule has 1 aromatic heterocycles. The van der Waals surface area contributed by atoms with Crippen LogP contribution in [0, 0.1) is 6.92 Å². The average molecular weight is 430 g/mol. The van der Waals surface area contributed by atoms with E-state index in [1.807, 2.05) is 25.1 Å². The molecule has 2 N–H and O–H groups in total. The van der Waals surface area contributed by atoms with E-state index < -0.39 is 11.7 Å². The minimum absolute atomic E-state index is 0.0630. The van der Waals surface area contributed by atoms with Crippen LogP contribution >= 0.6 is 0 Å². The Morgan fingerprint density at radius 2 is 1.71 bits per heavy atom.